The van der Waals surface area contributed by atoms with Crippen LogP contribution >= 0.6 is 0 Å². The Labute approximate surface area is 124 Å². The zero-order chi connectivity index (χ0) is 15.4. The van der Waals surface area contributed by atoms with Crippen molar-refractivity contribution < 1.29 is 9.90 Å². The Hall–Kier alpha value is -2.43. The van der Waals surface area contributed by atoms with Crippen LogP contribution in [-0.2, 0) is 13.0 Å². The number of hydrogen-bond acceptors (Lipinski definition) is 4. The van der Waals surface area contributed by atoms with E-state index in [0.717, 1.165) is 23.4 Å². The Bertz CT molecular complexity index is 669. The average Bonchev–Trinajstić information content (AvgIpc) is 2.44. The molecule has 110 valence electrons. The molecule has 0 aliphatic heterocycles. The second kappa shape index (κ2) is 6.35. The van der Waals surface area contributed by atoms with E-state index in [2.05, 4.69) is 22.2 Å². The molecule has 2 rings (SSSR count). The van der Waals surface area contributed by atoms with Gasteiger partial charge in [0.2, 0.25) is 0 Å². The minimum Gasteiger partial charge on any atom is -0.478 e. The van der Waals surface area contributed by atoms with Crippen molar-refractivity contribution in [2.24, 2.45) is 0 Å². The van der Waals surface area contributed by atoms with Crippen LogP contribution in [0.3, 0.4) is 0 Å². The fourth-order valence-electron chi connectivity index (χ4n) is 2.37. The molecular formula is C16H19N3O2. The maximum absolute atomic E-state index is 11.4. The lowest BCUT2D eigenvalue weighted by atomic mass is 10.1. The normalized spacial score (nSPS) is 10.4. The van der Waals surface area contributed by atoms with Gasteiger partial charge in [-0.25, -0.2) is 4.79 Å². The van der Waals surface area contributed by atoms with Crippen LogP contribution in [0.4, 0.5) is 5.69 Å². The van der Waals surface area contributed by atoms with Gasteiger partial charge in [-0.1, -0.05) is 13.0 Å². The number of rotatable bonds is 5. The van der Waals surface area contributed by atoms with Gasteiger partial charge < -0.3 is 10.4 Å². The van der Waals surface area contributed by atoms with Crippen molar-refractivity contribution in [1.82, 2.24) is 9.97 Å². The third-order valence-electron chi connectivity index (χ3n) is 3.35. The molecule has 0 atom stereocenters. The molecule has 0 unspecified atom stereocenters. The van der Waals surface area contributed by atoms with Gasteiger partial charge in [-0.15, -0.1) is 0 Å². The van der Waals surface area contributed by atoms with Crippen LogP contribution in [0.1, 0.15) is 39.9 Å². The average molecular weight is 285 g/mol. The lowest BCUT2D eigenvalue weighted by Crippen LogP contribution is -2.12. The van der Waals surface area contributed by atoms with E-state index in [0.29, 0.717) is 17.9 Å². The monoisotopic (exact) mass is 285 g/mol. The van der Waals surface area contributed by atoms with E-state index in [1.54, 1.807) is 19.2 Å². The Kier molecular flexibility index (Phi) is 4.52. The topological polar surface area (TPSA) is 75.1 Å². The second-order valence-electron chi connectivity index (χ2n) is 4.89. The standard InChI is InChI=1S/C16H19N3O2/c1-4-12-6-5-7-17-14(12)9-18-13-8-10(2)19-11(3)15(13)16(20)21/h5-8H,4,9H2,1-3H3,(H,18,19)(H,20,21). The van der Waals surface area contributed by atoms with E-state index < -0.39 is 5.97 Å². The molecule has 0 fully saturated rings. The van der Waals surface area contributed by atoms with E-state index in [-0.39, 0.29) is 5.56 Å². The molecule has 0 amide bonds. The molecule has 5 heteroatoms. The van der Waals surface area contributed by atoms with Gasteiger partial charge in [-0.2, -0.15) is 0 Å². The summed E-state index contributed by atoms with van der Waals surface area (Å²) in [6.07, 6.45) is 2.64. The number of pyridine rings is 2. The van der Waals surface area contributed by atoms with Crippen molar-refractivity contribution in [3.63, 3.8) is 0 Å². The highest BCUT2D eigenvalue weighted by Crippen LogP contribution is 2.21. The van der Waals surface area contributed by atoms with E-state index in [1.807, 2.05) is 19.1 Å². The van der Waals surface area contributed by atoms with Crippen LogP contribution in [0, 0.1) is 13.8 Å². The van der Waals surface area contributed by atoms with Gasteiger partial charge in [0.05, 0.1) is 23.6 Å². The highest BCUT2D eigenvalue weighted by atomic mass is 16.4. The summed E-state index contributed by atoms with van der Waals surface area (Å²) in [4.78, 5) is 20.0. The maximum Gasteiger partial charge on any atom is 0.339 e. The number of hydrogen-bond donors (Lipinski definition) is 2. The molecular weight excluding hydrogens is 266 g/mol. The van der Waals surface area contributed by atoms with Crippen molar-refractivity contribution in [2.45, 2.75) is 33.7 Å². The molecule has 0 saturated carbocycles. The van der Waals surface area contributed by atoms with Crippen LogP contribution in [0.25, 0.3) is 0 Å². The number of nitrogens with zero attached hydrogens (tertiary/aromatic N) is 2. The highest BCUT2D eigenvalue weighted by molar-refractivity contribution is 5.95. The van der Waals surface area contributed by atoms with Crippen LogP contribution in [0.2, 0.25) is 0 Å². The molecule has 0 bridgehead atoms. The van der Waals surface area contributed by atoms with Gasteiger partial charge in [0.25, 0.3) is 0 Å². The number of nitrogens with one attached hydrogen (secondary N) is 1. The number of anilines is 1. The molecule has 21 heavy (non-hydrogen) atoms. The summed E-state index contributed by atoms with van der Waals surface area (Å²) in [5.74, 6) is -0.973. The summed E-state index contributed by atoms with van der Waals surface area (Å²) in [5.41, 5.74) is 4.20. The highest BCUT2D eigenvalue weighted by Gasteiger charge is 2.15. The Balaban J connectivity index is 2.30. The Morgan fingerprint density at radius 3 is 2.81 bits per heavy atom. The van der Waals surface area contributed by atoms with Crippen molar-refractivity contribution in [1.29, 1.82) is 0 Å². The molecule has 0 saturated heterocycles. The number of carboxylic acids is 1. The van der Waals surface area contributed by atoms with Gasteiger partial charge in [-0.05, 0) is 38.0 Å². The molecule has 0 radical (unpaired) electrons. The molecule has 5 nitrogen and oxygen atoms in total. The lowest BCUT2D eigenvalue weighted by Gasteiger charge is -2.13. The first kappa shape index (κ1) is 15.0. The van der Waals surface area contributed by atoms with Crippen LogP contribution in [0.15, 0.2) is 24.4 Å². The number of aromatic nitrogens is 2. The van der Waals surface area contributed by atoms with Gasteiger partial charge in [0.15, 0.2) is 0 Å². The molecule has 2 aromatic rings. The SMILES string of the molecule is CCc1cccnc1CNc1cc(C)nc(C)c1C(=O)O. The second-order valence-corrected chi connectivity index (χ2v) is 4.89. The molecule has 0 aromatic carbocycles. The first-order chi connectivity index (χ1) is 10.0. The molecule has 2 heterocycles. The molecule has 0 spiro atoms. The van der Waals surface area contributed by atoms with Crippen molar-refractivity contribution >= 4 is 11.7 Å². The number of aromatic carboxylic acids is 1. The fraction of sp³-hybridized carbons (Fsp3) is 0.312. The number of carbonyl (C=O) groups is 1. The minimum atomic E-state index is -0.973. The van der Waals surface area contributed by atoms with Crippen molar-refractivity contribution in [3.8, 4) is 0 Å². The smallest absolute Gasteiger partial charge is 0.339 e. The summed E-state index contributed by atoms with van der Waals surface area (Å²) >= 11 is 0. The van der Waals surface area contributed by atoms with Gasteiger partial charge in [-0.3, -0.25) is 9.97 Å². The van der Waals surface area contributed by atoms with Crippen LogP contribution in [-0.4, -0.2) is 21.0 Å². The quantitative estimate of drug-likeness (QED) is 0.883. The van der Waals surface area contributed by atoms with Gasteiger partial charge >= 0.3 is 5.97 Å². The van der Waals surface area contributed by atoms with Gasteiger partial charge in [0, 0.05) is 11.9 Å². The summed E-state index contributed by atoms with van der Waals surface area (Å²) in [6.45, 7) is 6.12. The summed E-state index contributed by atoms with van der Waals surface area (Å²) in [7, 11) is 0. The van der Waals surface area contributed by atoms with E-state index in [4.69, 9.17) is 0 Å². The third-order valence-corrected chi connectivity index (χ3v) is 3.35. The maximum atomic E-state index is 11.4. The first-order valence-electron chi connectivity index (χ1n) is 6.91. The van der Waals surface area contributed by atoms with E-state index in [1.165, 1.54) is 0 Å². The van der Waals surface area contributed by atoms with Crippen LogP contribution in [0.5, 0.6) is 0 Å². The predicted molar refractivity (Wildman–Crippen MR) is 81.6 cm³/mol. The van der Waals surface area contributed by atoms with Gasteiger partial charge in [0.1, 0.15) is 5.56 Å². The predicted octanol–water partition coefficient (Wildman–Crippen LogP) is 2.97. The zero-order valence-electron chi connectivity index (χ0n) is 12.5. The zero-order valence-corrected chi connectivity index (χ0v) is 12.5. The summed E-state index contributed by atoms with van der Waals surface area (Å²) < 4.78 is 0. The summed E-state index contributed by atoms with van der Waals surface area (Å²) in [6, 6.07) is 5.70. The molecule has 2 aromatic heterocycles. The number of aryl methyl sites for hydroxylation is 3. The Morgan fingerprint density at radius 2 is 2.14 bits per heavy atom. The molecule has 2 N–H and O–H groups in total. The lowest BCUT2D eigenvalue weighted by molar-refractivity contribution is 0.0696. The third kappa shape index (κ3) is 3.37. The fourth-order valence-corrected chi connectivity index (χ4v) is 2.37. The molecule has 0 aliphatic rings. The minimum absolute atomic E-state index is 0.217. The first-order valence-corrected chi connectivity index (χ1v) is 6.91. The molecule has 0 aliphatic carbocycles. The Morgan fingerprint density at radius 1 is 1.38 bits per heavy atom. The van der Waals surface area contributed by atoms with E-state index in [9.17, 15) is 9.90 Å². The van der Waals surface area contributed by atoms with Crippen molar-refractivity contribution in [3.05, 3.63) is 52.6 Å². The van der Waals surface area contributed by atoms with Crippen LogP contribution < -0.4 is 5.32 Å². The largest absolute Gasteiger partial charge is 0.478 e. The van der Waals surface area contributed by atoms with Crippen molar-refractivity contribution in [2.75, 3.05) is 5.32 Å². The summed E-state index contributed by atoms with van der Waals surface area (Å²) in [5, 5.41) is 12.5. The number of carboxylic acid groups (broad SMARTS) is 1. The van der Waals surface area contributed by atoms with E-state index >= 15 is 0 Å².